The van der Waals surface area contributed by atoms with E-state index >= 15 is 0 Å². The van der Waals surface area contributed by atoms with Crippen LogP contribution in [0.5, 0.6) is 0 Å². The normalized spacial score (nSPS) is 10.1. The number of nitro groups is 1. The van der Waals surface area contributed by atoms with Gasteiger partial charge in [-0.1, -0.05) is 6.07 Å². The molecule has 0 fully saturated rings. The quantitative estimate of drug-likeness (QED) is 0.645. The number of nitrogens with zero attached hydrogens (tertiary/aromatic N) is 3. The molecule has 0 bridgehead atoms. The lowest BCUT2D eigenvalue weighted by molar-refractivity contribution is -0.385. The highest BCUT2D eigenvalue weighted by Crippen LogP contribution is 2.20. The van der Waals surface area contributed by atoms with Gasteiger partial charge in [-0.05, 0) is 24.6 Å². The van der Waals surface area contributed by atoms with Crippen LogP contribution in [0.3, 0.4) is 0 Å². The maximum Gasteiger partial charge on any atom is 0.300 e. The third-order valence-corrected chi connectivity index (χ3v) is 2.50. The summed E-state index contributed by atoms with van der Waals surface area (Å²) in [6.07, 6.45) is 2.53. The molecule has 2 heterocycles. The Hall–Kier alpha value is -3.03. The van der Waals surface area contributed by atoms with Crippen molar-refractivity contribution in [3.05, 3.63) is 51.8 Å². The maximum absolute atomic E-state index is 12.0. The van der Waals surface area contributed by atoms with Crippen molar-refractivity contribution in [1.29, 1.82) is 0 Å². The van der Waals surface area contributed by atoms with Crippen molar-refractivity contribution in [3.8, 4) is 0 Å². The standard InChI is InChI=1S/C12H11N5O3/c1-7-2-3-11(15-5-7)16-12(18)8-4-10(13)14-6-9(8)17(19)20/h2-6H,1H3,(H2,13,14)(H,15,16,18). The first-order valence-corrected chi connectivity index (χ1v) is 5.61. The molecule has 8 nitrogen and oxygen atoms in total. The number of aromatic nitrogens is 2. The molecule has 2 rings (SSSR count). The van der Waals surface area contributed by atoms with E-state index in [1.54, 1.807) is 18.3 Å². The molecule has 0 aromatic carbocycles. The zero-order chi connectivity index (χ0) is 14.7. The molecule has 2 aromatic rings. The number of amides is 1. The van der Waals surface area contributed by atoms with E-state index in [-0.39, 0.29) is 11.4 Å². The van der Waals surface area contributed by atoms with Gasteiger partial charge in [-0.25, -0.2) is 9.97 Å². The van der Waals surface area contributed by atoms with Crippen LogP contribution in [-0.2, 0) is 0 Å². The van der Waals surface area contributed by atoms with Gasteiger partial charge >= 0.3 is 0 Å². The molecule has 0 aliphatic heterocycles. The number of hydrogen-bond acceptors (Lipinski definition) is 6. The zero-order valence-corrected chi connectivity index (χ0v) is 10.5. The van der Waals surface area contributed by atoms with Gasteiger partial charge in [0.25, 0.3) is 11.6 Å². The summed E-state index contributed by atoms with van der Waals surface area (Å²) in [6.45, 7) is 1.85. The van der Waals surface area contributed by atoms with Gasteiger partial charge in [0.05, 0.1) is 4.92 Å². The van der Waals surface area contributed by atoms with Crippen LogP contribution in [0.4, 0.5) is 17.3 Å². The van der Waals surface area contributed by atoms with Crippen molar-refractivity contribution < 1.29 is 9.72 Å². The summed E-state index contributed by atoms with van der Waals surface area (Å²) in [7, 11) is 0. The molecular weight excluding hydrogens is 262 g/mol. The molecule has 0 aliphatic rings. The van der Waals surface area contributed by atoms with E-state index in [0.717, 1.165) is 17.8 Å². The molecule has 0 atom stereocenters. The number of nitrogens with one attached hydrogen (secondary N) is 1. The Bertz CT molecular complexity index is 669. The number of anilines is 2. The molecule has 0 saturated carbocycles. The third kappa shape index (κ3) is 2.86. The Balaban J connectivity index is 2.31. The van der Waals surface area contributed by atoms with Crippen LogP contribution in [0.2, 0.25) is 0 Å². The predicted molar refractivity (Wildman–Crippen MR) is 72.2 cm³/mol. The maximum atomic E-state index is 12.0. The first-order valence-electron chi connectivity index (χ1n) is 5.61. The van der Waals surface area contributed by atoms with Gasteiger partial charge < -0.3 is 11.1 Å². The van der Waals surface area contributed by atoms with Crippen molar-refractivity contribution in [2.75, 3.05) is 11.1 Å². The molecule has 0 radical (unpaired) electrons. The number of nitrogen functional groups attached to an aromatic ring is 1. The fourth-order valence-corrected chi connectivity index (χ4v) is 1.52. The summed E-state index contributed by atoms with van der Waals surface area (Å²) >= 11 is 0. The van der Waals surface area contributed by atoms with Crippen LogP contribution in [0.25, 0.3) is 0 Å². The Morgan fingerprint density at radius 3 is 2.70 bits per heavy atom. The second kappa shape index (κ2) is 5.31. The largest absolute Gasteiger partial charge is 0.384 e. The lowest BCUT2D eigenvalue weighted by Gasteiger charge is -2.05. The molecular formula is C12H11N5O3. The molecule has 20 heavy (non-hydrogen) atoms. The number of aryl methyl sites for hydroxylation is 1. The summed E-state index contributed by atoms with van der Waals surface area (Å²) in [6, 6.07) is 4.52. The number of carbonyl (C=O) groups excluding carboxylic acids is 1. The zero-order valence-electron chi connectivity index (χ0n) is 10.5. The molecule has 0 unspecified atom stereocenters. The molecule has 0 aliphatic carbocycles. The summed E-state index contributed by atoms with van der Waals surface area (Å²) in [5.74, 6) is -0.343. The van der Waals surface area contributed by atoms with Crippen LogP contribution in [-0.4, -0.2) is 20.8 Å². The first kappa shape index (κ1) is 13.4. The average molecular weight is 273 g/mol. The monoisotopic (exact) mass is 273 g/mol. The number of rotatable bonds is 3. The molecule has 3 N–H and O–H groups in total. The molecule has 1 amide bonds. The number of pyridine rings is 2. The van der Waals surface area contributed by atoms with Crippen molar-refractivity contribution >= 4 is 23.2 Å². The van der Waals surface area contributed by atoms with E-state index in [2.05, 4.69) is 15.3 Å². The molecule has 2 aromatic heterocycles. The van der Waals surface area contributed by atoms with E-state index in [1.165, 1.54) is 0 Å². The van der Waals surface area contributed by atoms with E-state index < -0.39 is 16.5 Å². The molecule has 0 spiro atoms. The fourth-order valence-electron chi connectivity index (χ4n) is 1.52. The smallest absolute Gasteiger partial charge is 0.300 e. The van der Waals surface area contributed by atoms with Gasteiger partial charge in [-0.15, -0.1) is 0 Å². The minimum absolute atomic E-state index is 0.0256. The fraction of sp³-hybridized carbons (Fsp3) is 0.0833. The summed E-state index contributed by atoms with van der Waals surface area (Å²) < 4.78 is 0. The predicted octanol–water partition coefficient (Wildman–Crippen LogP) is 1.53. The van der Waals surface area contributed by atoms with Gasteiger partial charge in [-0.3, -0.25) is 14.9 Å². The van der Waals surface area contributed by atoms with Gasteiger partial charge in [0, 0.05) is 6.20 Å². The highest BCUT2D eigenvalue weighted by molar-refractivity contribution is 6.06. The Morgan fingerprint density at radius 2 is 2.10 bits per heavy atom. The van der Waals surface area contributed by atoms with E-state index in [0.29, 0.717) is 5.82 Å². The van der Waals surface area contributed by atoms with E-state index in [1.807, 2.05) is 6.92 Å². The Morgan fingerprint density at radius 1 is 1.35 bits per heavy atom. The van der Waals surface area contributed by atoms with E-state index in [4.69, 9.17) is 5.73 Å². The Labute approximate surface area is 113 Å². The summed E-state index contributed by atoms with van der Waals surface area (Å²) in [5, 5.41) is 13.3. The van der Waals surface area contributed by atoms with Crippen molar-refractivity contribution in [1.82, 2.24) is 9.97 Å². The summed E-state index contributed by atoms with van der Waals surface area (Å²) in [4.78, 5) is 29.8. The highest BCUT2D eigenvalue weighted by Gasteiger charge is 2.21. The van der Waals surface area contributed by atoms with Crippen LogP contribution in [0.15, 0.2) is 30.6 Å². The minimum Gasteiger partial charge on any atom is -0.384 e. The molecule has 0 saturated heterocycles. The van der Waals surface area contributed by atoms with Crippen LogP contribution in [0.1, 0.15) is 15.9 Å². The van der Waals surface area contributed by atoms with Gasteiger partial charge in [-0.2, -0.15) is 0 Å². The Kier molecular flexibility index (Phi) is 3.56. The summed E-state index contributed by atoms with van der Waals surface area (Å²) in [5.41, 5.74) is 5.81. The lowest BCUT2D eigenvalue weighted by atomic mass is 10.2. The van der Waals surface area contributed by atoms with Crippen molar-refractivity contribution in [3.63, 3.8) is 0 Å². The first-order chi connectivity index (χ1) is 9.47. The second-order valence-corrected chi connectivity index (χ2v) is 4.06. The highest BCUT2D eigenvalue weighted by atomic mass is 16.6. The minimum atomic E-state index is -0.691. The average Bonchev–Trinajstić information content (AvgIpc) is 2.41. The third-order valence-electron chi connectivity index (χ3n) is 2.50. The van der Waals surface area contributed by atoms with Crippen molar-refractivity contribution in [2.24, 2.45) is 0 Å². The van der Waals surface area contributed by atoms with Crippen molar-refractivity contribution in [2.45, 2.75) is 6.92 Å². The van der Waals surface area contributed by atoms with Crippen LogP contribution < -0.4 is 11.1 Å². The molecule has 102 valence electrons. The second-order valence-electron chi connectivity index (χ2n) is 4.06. The number of carbonyl (C=O) groups is 1. The number of hydrogen-bond donors (Lipinski definition) is 2. The topological polar surface area (TPSA) is 124 Å². The van der Waals surface area contributed by atoms with Gasteiger partial charge in [0.2, 0.25) is 0 Å². The lowest BCUT2D eigenvalue weighted by Crippen LogP contribution is -2.15. The molecule has 8 heteroatoms. The van der Waals surface area contributed by atoms with E-state index in [9.17, 15) is 14.9 Å². The van der Waals surface area contributed by atoms with Gasteiger partial charge in [0.1, 0.15) is 23.4 Å². The SMILES string of the molecule is Cc1ccc(NC(=O)c2cc(N)ncc2[N+](=O)[O-])nc1. The van der Waals surface area contributed by atoms with Crippen LogP contribution in [0, 0.1) is 17.0 Å². The van der Waals surface area contributed by atoms with Gasteiger partial charge in [0.15, 0.2) is 0 Å². The number of nitrogens with two attached hydrogens (primary N) is 1. The van der Waals surface area contributed by atoms with Crippen LogP contribution >= 0.6 is 0 Å².